The van der Waals surface area contributed by atoms with E-state index in [1.54, 1.807) is 4.68 Å². The molecule has 0 aliphatic carbocycles. The average molecular weight is 293 g/mol. The van der Waals surface area contributed by atoms with Crippen LogP contribution in [-0.4, -0.2) is 15.7 Å². The number of carbonyl (C=O) groups excluding carboxylic acids is 1. The molecule has 0 unspecified atom stereocenters. The first-order valence-electron chi connectivity index (χ1n) is 4.06. The fourth-order valence-electron chi connectivity index (χ4n) is 1.07. The number of nitrogens with one attached hydrogen (secondary N) is 1. The zero-order valence-corrected chi connectivity index (χ0v) is 10.0. The van der Waals surface area contributed by atoms with Crippen molar-refractivity contribution < 1.29 is 4.79 Å². The third-order valence-corrected chi connectivity index (χ3v) is 2.94. The number of amides is 1. The van der Waals surface area contributed by atoms with Crippen LogP contribution in [0.15, 0.2) is 0 Å². The van der Waals surface area contributed by atoms with Crippen molar-refractivity contribution in [3.05, 3.63) is 9.26 Å². The zero-order chi connectivity index (χ0) is 10.0. The monoisotopic (exact) mass is 293 g/mol. The lowest BCUT2D eigenvalue weighted by atomic mass is 10.4. The summed E-state index contributed by atoms with van der Waals surface area (Å²) in [5.74, 6) is 0.737. The SMILES string of the molecule is CCn1nc(C)c(I)c1NC(C)=O. The Balaban J connectivity index is 3.08. The summed E-state index contributed by atoms with van der Waals surface area (Å²) in [5.41, 5.74) is 0.950. The van der Waals surface area contributed by atoms with Crippen LogP contribution in [0.1, 0.15) is 19.5 Å². The van der Waals surface area contributed by atoms with Gasteiger partial charge in [-0.1, -0.05) is 0 Å². The number of hydrogen-bond donors (Lipinski definition) is 1. The molecule has 0 saturated heterocycles. The summed E-state index contributed by atoms with van der Waals surface area (Å²) in [6.45, 7) is 6.19. The van der Waals surface area contributed by atoms with Gasteiger partial charge < -0.3 is 5.32 Å². The van der Waals surface area contributed by atoms with Crippen molar-refractivity contribution in [1.82, 2.24) is 9.78 Å². The van der Waals surface area contributed by atoms with E-state index in [0.29, 0.717) is 0 Å². The minimum absolute atomic E-state index is 0.0625. The topological polar surface area (TPSA) is 46.9 Å². The lowest BCUT2D eigenvalue weighted by Crippen LogP contribution is -2.12. The lowest BCUT2D eigenvalue weighted by Gasteiger charge is -2.04. The molecular weight excluding hydrogens is 281 g/mol. The summed E-state index contributed by atoms with van der Waals surface area (Å²) in [6, 6.07) is 0. The van der Waals surface area contributed by atoms with Gasteiger partial charge in [-0.15, -0.1) is 0 Å². The van der Waals surface area contributed by atoms with E-state index in [2.05, 4.69) is 33.0 Å². The minimum atomic E-state index is -0.0625. The smallest absolute Gasteiger partial charge is 0.222 e. The zero-order valence-electron chi connectivity index (χ0n) is 7.89. The summed E-state index contributed by atoms with van der Waals surface area (Å²) in [6.07, 6.45) is 0. The standard InChI is InChI=1S/C8H12IN3O/c1-4-12-8(10-6(3)13)7(9)5(2)11-12/h4H2,1-3H3,(H,10,13). The van der Waals surface area contributed by atoms with Gasteiger partial charge in [0.1, 0.15) is 5.82 Å². The normalized spacial score (nSPS) is 10.2. The molecule has 0 aliphatic heterocycles. The molecule has 1 rings (SSSR count). The van der Waals surface area contributed by atoms with Crippen LogP contribution in [0.2, 0.25) is 0 Å². The van der Waals surface area contributed by atoms with Crippen molar-refractivity contribution in [3.63, 3.8) is 0 Å². The van der Waals surface area contributed by atoms with Gasteiger partial charge in [-0.25, -0.2) is 4.68 Å². The Kier molecular flexibility index (Phi) is 3.29. The van der Waals surface area contributed by atoms with Crippen molar-refractivity contribution in [2.75, 3.05) is 5.32 Å². The first-order chi connectivity index (χ1) is 6.06. The molecule has 1 aromatic heterocycles. The molecule has 0 saturated carbocycles. The maximum atomic E-state index is 10.9. The van der Waals surface area contributed by atoms with E-state index in [0.717, 1.165) is 21.6 Å². The van der Waals surface area contributed by atoms with Crippen LogP contribution in [0.4, 0.5) is 5.82 Å². The van der Waals surface area contributed by atoms with Crippen molar-refractivity contribution in [3.8, 4) is 0 Å². The van der Waals surface area contributed by atoms with Gasteiger partial charge in [-0.2, -0.15) is 5.10 Å². The number of hydrogen-bond acceptors (Lipinski definition) is 2. The number of carbonyl (C=O) groups is 1. The maximum absolute atomic E-state index is 10.9. The number of rotatable bonds is 2. The summed E-state index contributed by atoms with van der Waals surface area (Å²) >= 11 is 2.18. The van der Waals surface area contributed by atoms with Crippen LogP contribution in [0, 0.1) is 10.5 Å². The van der Waals surface area contributed by atoms with Crippen molar-refractivity contribution in [2.24, 2.45) is 0 Å². The second kappa shape index (κ2) is 4.08. The van der Waals surface area contributed by atoms with Gasteiger partial charge in [0.25, 0.3) is 0 Å². The molecule has 0 aliphatic rings. The molecule has 0 spiro atoms. The van der Waals surface area contributed by atoms with Crippen LogP contribution < -0.4 is 5.32 Å². The molecule has 1 aromatic rings. The highest BCUT2D eigenvalue weighted by atomic mass is 127. The summed E-state index contributed by atoms with van der Waals surface area (Å²) in [5, 5.41) is 7.04. The first-order valence-corrected chi connectivity index (χ1v) is 5.14. The molecule has 0 fully saturated rings. The van der Waals surface area contributed by atoms with Crippen molar-refractivity contribution >= 4 is 34.3 Å². The highest BCUT2D eigenvalue weighted by Crippen LogP contribution is 2.21. The van der Waals surface area contributed by atoms with Crippen molar-refractivity contribution in [1.29, 1.82) is 0 Å². The molecule has 5 heteroatoms. The molecule has 4 nitrogen and oxygen atoms in total. The number of aryl methyl sites for hydroxylation is 2. The maximum Gasteiger partial charge on any atom is 0.222 e. The Labute approximate surface area is 90.8 Å². The lowest BCUT2D eigenvalue weighted by molar-refractivity contribution is -0.114. The average Bonchev–Trinajstić information content (AvgIpc) is 2.31. The van der Waals surface area contributed by atoms with Gasteiger partial charge in [-0.3, -0.25) is 4.79 Å². The Morgan fingerprint density at radius 3 is 2.77 bits per heavy atom. The highest BCUT2D eigenvalue weighted by Gasteiger charge is 2.12. The van der Waals surface area contributed by atoms with Gasteiger partial charge in [0.2, 0.25) is 5.91 Å². The highest BCUT2D eigenvalue weighted by molar-refractivity contribution is 14.1. The molecule has 0 atom stereocenters. The Hall–Kier alpha value is -0.590. The summed E-state index contributed by atoms with van der Waals surface area (Å²) < 4.78 is 2.80. The fraction of sp³-hybridized carbons (Fsp3) is 0.500. The Morgan fingerprint density at radius 2 is 2.31 bits per heavy atom. The molecular formula is C8H12IN3O. The predicted molar refractivity (Wildman–Crippen MR) is 59.7 cm³/mol. The first kappa shape index (κ1) is 10.5. The van der Waals surface area contributed by atoms with Crippen molar-refractivity contribution in [2.45, 2.75) is 27.3 Å². The van der Waals surface area contributed by atoms with E-state index in [-0.39, 0.29) is 5.91 Å². The van der Waals surface area contributed by atoms with Gasteiger partial charge in [0.05, 0.1) is 9.26 Å². The quantitative estimate of drug-likeness (QED) is 0.845. The van der Waals surface area contributed by atoms with Gasteiger partial charge in [-0.05, 0) is 36.4 Å². The summed E-state index contributed by atoms with van der Waals surface area (Å²) in [7, 11) is 0. The van der Waals surface area contributed by atoms with Gasteiger partial charge in [0, 0.05) is 13.5 Å². The molecule has 1 amide bonds. The number of aromatic nitrogens is 2. The summed E-state index contributed by atoms with van der Waals surface area (Å²) in [4.78, 5) is 10.9. The predicted octanol–water partition coefficient (Wildman–Crippen LogP) is 1.77. The number of halogens is 1. The minimum Gasteiger partial charge on any atom is -0.310 e. The molecule has 72 valence electrons. The van der Waals surface area contributed by atoms with Crippen LogP contribution in [0.3, 0.4) is 0 Å². The van der Waals surface area contributed by atoms with E-state index >= 15 is 0 Å². The van der Waals surface area contributed by atoms with Crippen LogP contribution in [0.5, 0.6) is 0 Å². The molecule has 0 bridgehead atoms. The number of nitrogens with zero attached hydrogens (tertiary/aromatic N) is 2. The van der Waals surface area contributed by atoms with E-state index in [9.17, 15) is 4.79 Å². The molecule has 13 heavy (non-hydrogen) atoms. The molecule has 0 radical (unpaired) electrons. The molecule has 0 aromatic carbocycles. The molecule has 1 N–H and O–H groups in total. The second-order valence-corrected chi connectivity index (χ2v) is 3.82. The Morgan fingerprint density at radius 1 is 1.69 bits per heavy atom. The second-order valence-electron chi connectivity index (χ2n) is 2.74. The number of anilines is 1. The van der Waals surface area contributed by atoms with Gasteiger partial charge in [0.15, 0.2) is 0 Å². The van der Waals surface area contributed by atoms with E-state index in [1.165, 1.54) is 6.92 Å². The largest absolute Gasteiger partial charge is 0.310 e. The third-order valence-electron chi connectivity index (χ3n) is 1.65. The van der Waals surface area contributed by atoms with E-state index in [1.807, 2.05) is 13.8 Å². The van der Waals surface area contributed by atoms with E-state index < -0.39 is 0 Å². The van der Waals surface area contributed by atoms with Crippen LogP contribution in [0.25, 0.3) is 0 Å². The third kappa shape index (κ3) is 2.20. The molecule has 1 heterocycles. The van der Waals surface area contributed by atoms with Crippen LogP contribution >= 0.6 is 22.6 Å². The Bertz CT molecular complexity index is 332. The van der Waals surface area contributed by atoms with E-state index in [4.69, 9.17) is 0 Å². The fourth-order valence-corrected chi connectivity index (χ4v) is 1.60. The van der Waals surface area contributed by atoms with Crippen LogP contribution in [-0.2, 0) is 11.3 Å². The van der Waals surface area contributed by atoms with Gasteiger partial charge >= 0.3 is 0 Å².